The van der Waals surface area contributed by atoms with E-state index in [1.54, 1.807) is 0 Å². The summed E-state index contributed by atoms with van der Waals surface area (Å²) in [6.45, 7) is 0. The molecule has 5 nitrogen and oxygen atoms in total. The fourth-order valence-electron chi connectivity index (χ4n) is 0.767. The third-order valence-corrected chi connectivity index (χ3v) is 2.94. The van der Waals surface area contributed by atoms with Crippen molar-refractivity contribution in [2.45, 2.75) is 4.90 Å². The average Bonchev–Trinajstić information content (AvgIpc) is 2.09. The van der Waals surface area contributed by atoms with Crippen LogP contribution in [-0.2, 0) is 10.0 Å². The van der Waals surface area contributed by atoms with Crippen LogP contribution in [0.4, 0.5) is 4.39 Å². The Balaban J connectivity index is 3.46. The summed E-state index contributed by atoms with van der Waals surface area (Å²) in [6, 6.07) is 2.75. The second-order valence-electron chi connectivity index (χ2n) is 2.22. The van der Waals surface area contributed by atoms with Gasteiger partial charge in [0.15, 0.2) is 0 Å². The molecule has 0 atom stereocenters. The molecule has 1 rings (SSSR count). The van der Waals surface area contributed by atoms with Crippen molar-refractivity contribution in [2.75, 3.05) is 0 Å². The maximum atomic E-state index is 12.7. The van der Waals surface area contributed by atoms with Crippen LogP contribution in [0.25, 0.3) is 10.4 Å². The van der Waals surface area contributed by atoms with Gasteiger partial charge in [0, 0.05) is 9.43 Å². The van der Waals surface area contributed by atoms with Crippen LogP contribution in [0, 0.1) is 5.82 Å². The van der Waals surface area contributed by atoms with Crippen LogP contribution in [0.1, 0.15) is 0 Å². The fourth-order valence-corrected chi connectivity index (χ4v) is 1.94. The number of hydrogen-bond donors (Lipinski definition) is 0. The van der Waals surface area contributed by atoms with E-state index in [-0.39, 0.29) is 5.02 Å². The lowest BCUT2D eigenvalue weighted by Crippen LogP contribution is -1.97. The molecule has 0 aliphatic heterocycles. The van der Waals surface area contributed by atoms with E-state index in [0.29, 0.717) is 6.07 Å². The van der Waals surface area contributed by atoms with E-state index in [1.807, 2.05) is 0 Å². The summed E-state index contributed by atoms with van der Waals surface area (Å²) in [5.41, 5.74) is 7.97. The second-order valence-corrected chi connectivity index (χ2v) is 4.18. The quantitative estimate of drug-likeness (QED) is 0.448. The minimum Gasteiger partial charge on any atom is -0.216 e. The van der Waals surface area contributed by atoms with Crippen molar-refractivity contribution < 1.29 is 12.8 Å². The molecule has 74 valence electrons. The summed E-state index contributed by atoms with van der Waals surface area (Å²) in [5, 5.41) is -0.196. The molecule has 0 fully saturated rings. The average molecular weight is 236 g/mol. The number of nitrogens with zero attached hydrogens (tertiary/aromatic N) is 3. The SMILES string of the molecule is [N-]=[N+]=NS(=O)(=O)c1cc(F)ccc1Cl. The van der Waals surface area contributed by atoms with Gasteiger partial charge in [-0.05, 0) is 23.7 Å². The predicted molar refractivity (Wildman–Crippen MR) is 47.7 cm³/mol. The number of benzene rings is 1. The van der Waals surface area contributed by atoms with Crippen LogP contribution in [0.3, 0.4) is 0 Å². The molecule has 1 aromatic rings. The molecule has 0 unspecified atom stereocenters. The van der Waals surface area contributed by atoms with Crippen LogP contribution in [0.5, 0.6) is 0 Å². The van der Waals surface area contributed by atoms with Gasteiger partial charge in [-0.3, -0.25) is 0 Å². The van der Waals surface area contributed by atoms with Crippen molar-refractivity contribution in [1.29, 1.82) is 0 Å². The highest BCUT2D eigenvalue weighted by atomic mass is 35.5. The molecule has 0 aliphatic rings. The van der Waals surface area contributed by atoms with Gasteiger partial charge in [0.2, 0.25) is 0 Å². The number of halogens is 2. The summed E-state index contributed by atoms with van der Waals surface area (Å²) < 4.78 is 37.5. The standard InChI is InChI=1S/C6H3ClFN3O2S/c7-5-2-1-4(8)3-6(5)14(12,13)11-10-9/h1-3H. The number of rotatable bonds is 2. The molecule has 0 spiro atoms. The van der Waals surface area contributed by atoms with E-state index >= 15 is 0 Å². The molecule has 0 N–H and O–H groups in total. The van der Waals surface area contributed by atoms with E-state index in [2.05, 4.69) is 9.43 Å². The van der Waals surface area contributed by atoms with Gasteiger partial charge in [-0.1, -0.05) is 11.6 Å². The molecule has 0 saturated heterocycles. The van der Waals surface area contributed by atoms with E-state index < -0.39 is 20.7 Å². The summed E-state index contributed by atoms with van der Waals surface area (Å²) >= 11 is 5.49. The molecule has 0 saturated carbocycles. The summed E-state index contributed by atoms with van der Waals surface area (Å²) in [5.74, 6) is -0.777. The van der Waals surface area contributed by atoms with Crippen molar-refractivity contribution in [2.24, 2.45) is 4.52 Å². The normalized spacial score (nSPS) is 10.7. The molecule has 0 aliphatic carbocycles. The highest BCUT2D eigenvalue weighted by molar-refractivity contribution is 7.90. The molecule has 14 heavy (non-hydrogen) atoms. The van der Waals surface area contributed by atoms with Gasteiger partial charge in [-0.2, -0.15) is 0 Å². The minimum atomic E-state index is -4.23. The summed E-state index contributed by atoms with van der Waals surface area (Å²) in [4.78, 5) is 1.57. The molecule has 0 radical (unpaired) electrons. The third-order valence-electron chi connectivity index (χ3n) is 1.32. The van der Waals surface area contributed by atoms with Crippen molar-refractivity contribution in [3.63, 3.8) is 0 Å². The van der Waals surface area contributed by atoms with Crippen molar-refractivity contribution >= 4 is 21.6 Å². The Hall–Kier alpha value is -1.30. The minimum absolute atomic E-state index is 0.196. The molecular formula is C6H3ClFN3O2S. The Morgan fingerprint density at radius 1 is 1.50 bits per heavy atom. The van der Waals surface area contributed by atoms with Crippen LogP contribution >= 0.6 is 11.6 Å². The maximum Gasteiger partial charge on any atom is 0.265 e. The predicted octanol–water partition coefficient (Wildman–Crippen LogP) is 2.48. The monoisotopic (exact) mass is 235 g/mol. The largest absolute Gasteiger partial charge is 0.265 e. The Morgan fingerprint density at radius 2 is 2.14 bits per heavy atom. The van der Waals surface area contributed by atoms with E-state index in [1.165, 1.54) is 0 Å². The first-order chi connectivity index (χ1) is 6.47. The van der Waals surface area contributed by atoms with Crippen LogP contribution in [0.2, 0.25) is 5.02 Å². The first-order valence-corrected chi connectivity index (χ1v) is 5.05. The molecule has 8 heteroatoms. The highest BCUT2D eigenvalue weighted by Gasteiger charge is 2.16. The van der Waals surface area contributed by atoms with E-state index in [0.717, 1.165) is 12.1 Å². The Bertz CT molecular complexity index is 510. The lowest BCUT2D eigenvalue weighted by molar-refractivity contribution is 0.592. The Kier molecular flexibility index (Phi) is 2.95. The zero-order valence-electron chi connectivity index (χ0n) is 6.55. The van der Waals surface area contributed by atoms with Gasteiger partial charge >= 0.3 is 0 Å². The van der Waals surface area contributed by atoms with Gasteiger partial charge in [-0.15, -0.1) is 0 Å². The number of sulfonamides is 1. The maximum absolute atomic E-state index is 12.7. The van der Waals surface area contributed by atoms with Gasteiger partial charge in [0.05, 0.1) is 9.92 Å². The molecule has 0 heterocycles. The Labute approximate surface area is 83.8 Å². The number of azide groups is 1. The molecular weight excluding hydrogens is 233 g/mol. The summed E-state index contributed by atoms with van der Waals surface area (Å²) in [7, 11) is -4.23. The van der Waals surface area contributed by atoms with Crippen molar-refractivity contribution in [1.82, 2.24) is 0 Å². The molecule has 1 aromatic carbocycles. The van der Waals surface area contributed by atoms with E-state index in [4.69, 9.17) is 17.1 Å². The molecule has 0 aromatic heterocycles. The third kappa shape index (κ3) is 2.14. The molecule has 0 bridgehead atoms. The van der Waals surface area contributed by atoms with Gasteiger partial charge in [0.25, 0.3) is 10.0 Å². The zero-order chi connectivity index (χ0) is 10.8. The lowest BCUT2D eigenvalue weighted by Gasteiger charge is -1.99. The summed E-state index contributed by atoms with van der Waals surface area (Å²) in [6.07, 6.45) is 0. The van der Waals surface area contributed by atoms with Crippen LogP contribution in [-0.4, -0.2) is 8.42 Å². The van der Waals surface area contributed by atoms with Gasteiger partial charge in [0.1, 0.15) is 5.82 Å². The highest BCUT2D eigenvalue weighted by Crippen LogP contribution is 2.23. The molecule has 0 amide bonds. The number of hydrogen-bond acceptors (Lipinski definition) is 2. The fraction of sp³-hybridized carbons (Fsp3) is 0. The van der Waals surface area contributed by atoms with E-state index in [9.17, 15) is 12.8 Å². The van der Waals surface area contributed by atoms with Crippen LogP contribution < -0.4 is 0 Å². The smallest absolute Gasteiger partial charge is 0.216 e. The first kappa shape index (κ1) is 10.8. The van der Waals surface area contributed by atoms with Gasteiger partial charge in [-0.25, -0.2) is 12.8 Å². The first-order valence-electron chi connectivity index (χ1n) is 3.24. The van der Waals surface area contributed by atoms with Crippen molar-refractivity contribution in [3.05, 3.63) is 39.5 Å². The van der Waals surface area contributed by atoms with Gasteiger partial charge < -0.3 is 0 Å². The zero-order valence-corrected chi connectivity index (χ0v) is 8.13. The topological polar surface area (TPSA) is 82.9 Å². The van der Waals surface area contributed by atoms with Crippen LogP contribution in [0.15, 0.2) is 27.6 Å². The Morgan fingerprint density at radius 3 is 2.71 bits per heavy atom. The lowest BCUT2D eigenvalue weighted by atomic mass is 10.3. The second kappa shape index (κ2) is 3.83. The van der Waals surface area contributed by atoms with Crippen molar-refractivity contribution in [3.8, 4) is 0 Å².